The fourth-order valence-corrected chi connectivity index (χ4v) is 2.98. The van der Waals surface area contributed by atoms with Gasteiger partial charge in [0.25, 0.3) is 0 Å². The topological polar surface area (TPSA) is 50.8 Å². The van der Waals surface area contributed by atoms with E-state index in [0.29, 0.717) is 0 Å². The van der Waals surface area contributed by atoms with Gasteiger partial charge in [-0.25, -0.2) is 9.97 Å². The molecule has 0 aliphatic carbocycles. The summed E-state index contributed by atoms with van der Waals surface area (Å²) >= 11 is 0. The second kappa shape index (κ2) is 6.40. The van der Waals surface area contributed by atoms with Crippen LogP contribution in [0.1, 0.15) is 16.8 Å². The number of nitrogens with zero attached hydrogens (tertiary/aromatic N) is 2. The van der Waals surface area contributed by atoms with E-state index in [2.05, 4.69) is 58.3 Å². The van der Waals surface area contributed by atoms with Gasteiger partial charge in [-0.3, -0.25) is 0 Å². The van der Waals surface area contributed by atoms with Gasteiger partial charge in [0.1, 0.15) is 17.7 Å². The molecule has 1 N–H and O–H groups in total. The van der Waals surface area contributed by atoms with Gasteiger partial charge >= 0.3 is 0 Å². The highest BCUT2D eigenvalue weighted by molar-refractivity contribution is 5.85. The molecule has 0 amide bonds. The van der Waals surface area contributed by atoms with E-state index in [4.69, 9.17) is 4.74 Å². The summed E-state index contributed by atoms with van der Waals surface area (Å²) < 4.78 is 5.32. The number of aromatic amines is 1. The van der Waals surface area contributed by atoms with Crippen LogP contribution in [0.25, 0.3) is 22.3 Å². The van der Waals surface area contributed by atoms with Crippen molar-refractivity contribution in [1.29, 1.82) is 0 Å². The number of ether oxygens (including phenoxy) is 1. The van der Waals surface area contributed by atoms with Gasteiger partial charge in [0, 0.05) is 23.1 Å². The molecule has 25 heavy (non-hydrogen) atoms. The number of aryl methyl sites for hydroxylation is 1. The zero-order valence-corrected chi connectivity index (χ0v) is 14.3. The summed E-state index contributed by atoms with van der Waals surface area (Å²) in [5, 5.41) is 1.06. The van der Waals surface area contributed by atoms with Crippen LogP contribution in [-0.2, 0) is 6.42 Å². The van der Waals surface area contributed by atoms with E-state index in [-0.39, 0.29) is 0 Å². The maximum absolute atomic E-state index is 5.32. The van der Waals surface area contributed by atoms with Gasteiger partial charge in [0.2, 0.25) is 0 Å². The molecule has 4 heteroatoms. The van der Waals surface area contributed by atoms with Crippen molar-refractivity contribution in [3.63, 3.8) is 0 Å². The van der Waals surface area contributed by atoms with E-state index in [0.717, 1.165) is 40.2 Å². The zero-order chi connectivity index (χ0) is 17.2. The number of benzene rings is 2. The van der Waals surface area contributed by atoms with Crippen LogP contribution >= 0.6 is 0 Å². The lowest BCUT2D eigenvalue weighted by Gasteiger charge is -2.03. The van der Waals surface area contributed by atoms with Crippen LogP contribution in [0.15, 0.2) is 60.9 Å². The van der Waals surface area contributed by atoms with Crippen molar-refractivity contribution in [2.45, 2.75) is 13.3 Å². The predicted octanol–water partition coefficient (Wildman–Crippen LogP) is 4.53. The first-order valence-electron chi connectivity index (χ1n) is 8.25. The molecule has 0 unspecified atom stereocenters. The van der Waals surface area contributed by atoms with Crippen molar-refractivity contribution in [3.05, 3.63) is 77.7 Å². The monoisotopic (exact) mass is 329 g/mol. The van der Waals surface area contributed by atoms with Crippen molar-refractivity contribution in [2.24, 2.45) is 0 Å². The molecular formula is C21H19N3O. The van der Waals surface area contributed by atoms with E-state index < -0.39 is 0 Å². The molecule has 0 fully saturated rings. The second-order valence-corrected chi connectivity index (χ2v) is 6.16. The molecule has 0 radical (unpaired) electrons. The average molecular weight is 329 g/mol. The fourth-order valence-electron chi connectivity index (χ4n) is 2.98. The molecule has 0 aliphatic heterocycles. The molecule has 0 saturated carbocycles. The summed E-state index contributed by atoms with van der Waals surface area (Å²) in [5.41, 5.74) is 6.47. The Kier molecular flexibility index (Phi) is 3.94. The van der Waals surface area contributed by atoms with E-state index in [1.807, 2.05) is 18.2 Å². The summed E-state index contributed by atoms with van der Waals surface area (Å²) in [6, 6.07) is 18.7. The third-order valence-electron chi connectivity index (χ3n) is 4.38. The Morgan fingerprint density at radius 3 is 2.64 bits per heavy atom. The molecule has 2 heterocycles. The smallest absolute Gasteiger partial charge is 0.141 e. The minimum Gasteiger partial charge on any atom is -0.497 e. The number of nitrogens with one attached hydrogen (secondary N) is 1. The van der Waals surface area contributed by atoms with Gasteiger partial charge in [-0.1, -0.05) is 42.0 Å². The number of H-pyrrole nitrogens is 1. The number of hydrogen-bond donors (Lipinski definition) is 1. The number of aromatic nitrogens is 3. The van der Waals surface area contributed by atoms with Crippen LogP contribution in [0.2, 0.25) is 0 Å². The predicted molar refractivity (Wildman–Crippen MR) is 99.9 cm³/mol. The van der Waals surface area contributed by atoms with Crippen molar-refractivity contribution in [1.82, 2.24) is 15.0 Å². The standard InChI is InChI=1S/C21H19N3O/c1-14-6-8-15(9-7-14)10-20-18-12-19(24-21(18)23-13-22-20)16-4-3-5-17(11-16)25-2/h3-9,11-13H,10H2,1-2H3,(H,22,23,24). The first kappa shape index (κ1) is 15.4. The molecule has 124 valence electrons. The van der Waals surface area contributed by atoms with Gasteiger partial charge in [-0.2, -0.15) is 0 Å². The van der Waals surface area contributed by atoms with Crippen molar-refractivity contribution in [2.75, 3.05) is 7.11 Å². The molecular weight excluding hydrogens is 310 g/mol. The molecule has 4 aromatic rings. The van der Waals surface area contributed by atoms with Gasteiger partial charge in [0.15, 0.2) is 0 Å². The summed E-state index contributed by atoms with van der Waals surface area (Å²) in [4.78, 5) is 12.3. The normalized spacial score (nSPS) is 11.0. The SMILES string of the molecule is COc1cccc(-c2cc3c(Cc4ccc(C)cc4)ncnc3[nH]2)c1. The molecule has 0 aliphatic rings. The Labute approximate surface area is 146 Å². The van der Waals surface area contributed by atoms with E-state index >= 15 is 0 Å². The van der Waals surface area contributed by atoms with Gasteiger partial charge in [0.05, 0.1) is 12.8 Å². The maximum Gasteiger partial charge on any atom is 0.141 e. The zero-order valence-electron chi connectivity index (χ0n) is 14.3. The van der Waals surface area contributed by atoms with Gasteiger partial charge < -0.3 is 9.72 Å². The van der Waals surface area contributed by atoms with Gasteiger partial charge in [-0.15, -0.1) is 0 Å². The molecule has 0 bridgehead atoms. The fraction of sp³-hybridized carbons (Fsp3) is 0.143. The number of hydrogen-bond acceptors (Lipinski definition) is 3. The largest absolute Gasteiger partial charge is 0.497 e. The highest BCUT2D eigenvalue weighted by atomic mass is 16.5. The van der Waals surface area contributed by atoms with E-state index in [1.54, 1.807) is 13.4 Å². The number of methoxy groups -OCH3 is 1. The Hall–Kier alpha value is -3.14. The lowest BCUT2D eigenvalue weighted by molar-refractivity contribution is 0.415. The third-order valence-corrected chi connectivity index (χ3v) is 4.38. The molecule has 0 saturated heterocycles. The first-order chi connectivity index (χ1) is 12.2. The first-order valence-corrected chi connectivity index (χ1v) is 8.25. The Morgan fingerprint density at radius 2 is 1.84 bits per heavy atom. The van der Waals surface area contributed by atoms with Crippen LogP contribution in [-0.4, -0.2) is 22.1 Å². The second-order valence-electron chi connectivity index (χ2n) is 6.16. The number of rotatable bonds is 4. The molecule has 2 aromatic heterocycles. The summed E-state index contributed by atoms with van der Waals surface area (Å²) in [6.45, 7) is 2.10. The summed E-state index contributed by atoms with van der Waals surface area (Å²) in [6.07, 6.45) is 2.41. The maximum atomic E-state index is 5.32. The van der Waals surface area contributed by atoms with E-state index in [9.17, 15) is 0 Å². The lowest BCUT2D eigenvalue weighted by atomic mass is 10.1. The minimum absolute atomic E-state index is 0.786. The Balaban J connectivity index is 1.74. The molecule has 2 aromatic carbocycles. The summed E-state index contributed by atoms with van der Waals surface area (Å²) in [7, 11) is 1.68. The number of fused-ring (bicyclic) bond motifs is 1. The molecule has 0 atom stereocenters. The van der Waals surface area contributed by atoms with Gasteiger partial charge in [-0.05, 0) is 30.7 Å². The highest BCUT2D eigenvalue weighted by Gasteiger charge is 2.10. The Bertz CT molecular complexity index is 1020. The van der Waals surface area contributed by atoms with Crippen LogP contribution in [0, 0.1) is 6.92 Å². The minimum atomic E-state index is 0.786. The Morgan fingerprint density at radius 1 is 1.00 bits per heavy atom. The molecule has 4 rings (SSSR count). The van der Waals surface area contributed by atoms with Crippen LogP contribution in [0.4, 0.5) is 0 Å². The average Bonchev–Trinajstić information content (AvgIpc) is 3.09. The van der Waals surface area contributed by atoms with Crippen LogP contribution in [0.3, 0.4) is 0 Å². The highest BCUT2D eigenvalue weighted by Crippen LogP contribution is 2.27. The lowest BCUT2D eigenvalue weighted by Crippen LogP contribution is -1.94. The van der Waals surface area contributed by atoms with Crippen molar-refractivity contribution in [3.8, 4) is 17.0 Å². The van der Waals surface area contributed by atoms with Crippen LogP contribution in [0.5, 0.6) is 5.75 Å². The molecule has 0 spiro atoms. The van der Waals surface area contributed by atoms with Crippen molar-refractivity contribution >= 4 is 11.0 Å². The molecule has 4 nitrogen and oxygen atoms in total. The van der Waals surface area contributed by atoms with Crippen LogP contribution < -0.4 is 4.74 Å². The quantitative estimate of drug-likeness (QED) is 0.598. The van der Waals surface area contributed by atoms with E-state index in [1.165, 1.54) is 11.1 Å². The summed E-state index contributed by atoms with van der Waals surface area (Å²) in [5.74, 6) is 0.835. The third kappa shape index (κ3) is 3.11. The van der Waals surface area contributed by atoms with Crippen molar-refractivity contribution < 1.29 is 4.74 Å².